The van der Waals surface area contributed by atoms with Crippen molar-refractivity contribution < 1.29 is 18.0 Å². The molecular weight excluding hydrogens is 438 g/mol. The summed E-state index contributed by atoms with van der Waals surface area (Å²) in [6.45, 7) is 2.51. The average molecular weight is 464 g/mol. The lowest BCUT2D eigenvalue weighted by Gasteiger charge is -2.26. The highest BCUT2D eigenvalue weighted by molar-refractivity contribution is 7.89. The van der Waals surface area contributed by atoms with E-state index in [9.17, 15) is 18.0 Å². The third-order valence-corrected chi connectivity index (χ3v) is 7.31. The minimum Gasteiger partial charge on any atom is -0.354 e. The number of nitrogens with zero attached hydrogens (tertiary/aromatic N) is 2. The maximum Gasteiger partial charge on any atom is 0.258 e. The van der Waals surface area contributed by atoms with E-state index in [1.165, 1.54) is 12.1 Å². The molecule has 2 amide bonds. The molecule has 0 saturated carbocycles. The third kappa shape index (κ3) is 5.13. The van der Waals surface area contributed by atoms with E-state index in [4.69, 9.17) is 0 Å². The van der Waals surface area contributed by atoms with E-state index in [2.05, 4.69) is 5.32 Å². The Labute approximate surface area is 193 Å². The van der Waals surface area contributed by atoms with Gasteiger partial charge in [-0.1, -0.05) is 48.5 Å². The van der Waals surface area contributed by atoms with Gasteiger partial charge in [-0.2, -0.15) is 4.31 Å². The molecule has 4 rings (SSSR count). The average Bonchev–Trinajstić information content (AvgIpc) is 2.83. The molecular formula is C25H25N3O4S. The minimum absolute atomic E-state index is 0.00745. The molecule has 8 heteroatoms. The van der Waals surface area contributed by atoms with Gasteiger partial charge in [0.1, 0.15) is 0 Å². The quantitative estimate of drug-likeness (QED) is 0.609. The zero-order valence-electron chi connectivity index (χ0n) is 18.3. The topological polar surface area (TPSA) is 86.8 Å². The zero-order chi connectivity index (χ0) is 23.4. The highest BCUT2D eigenvalue weighted by Crippen LogP contribution is 2.24. The second-order valence-corrected chi connectivity index (χ2v) is 9.87. The van der Waals surface area contributed by atoms with Gasteiger partial charge in [-0.3, -0.25) is 9.59 Å². The standard InChI is InChI=1S/C25H25N3O4S/c1-19-7-5-11-22(15-19)28(17-20-8-3-2-4-9-20)25(30)21-10-6-12-23(16-21)33(31,32)27-14-13-26-24(29)18-27/h2-12,15-16H,13-14,17-18H2,1H3,(H,26,29). The molecule has 33 heavy (non-hydrogen) atoms. The summed E-state index contributed by atoms with van der Waals surface area (Å²) < 4.78 is 27.3. The molecule has 0 atom stereocenters. The molecule has 0 spiro atoms. The fourth-order valence-corrected chi connectivity index (χ4v) is 5.20. The second-order valence-electron chi connectivity index (χ2n) is 7.93. The summed E-state index contributed by atoms with van der Waals surface area (Å²) in [6, 6.07) is 23.3. The van der Waals surface area contributed by atoms with Gasteiger partial charge in [0.2, 0.25) is 15.9 Å². The first-order valence-electron chi connectivity index (χ1n) is 10.6. The number of nitrogens with one attached hydrogen (secondary N) is 1. The van der Waals surface area contributed by atoms with Crippen LogP contribution in [0, 0.1) is 6.92 Å². The van der Waals surface area contributed by atoms with Crippen molar-refractivity contribution in [2.24, 2.45) is 0 Å². The molecule has 1 N–H and O–H groups in total. The van der Waals surface area contributed by atoms with Crippen LogP contribution in [0.15, 0.2) is 83.8 Å². The number of anilines is 1. The summed E-state index contributed by atoms with van der Waals surface area (Å²) in [5.41, 5.74) is 2.95. The van der Waals surface area contributed by atoms with Gasteiger partial charge in [-0.05, 0) is 48.4 Å². The van der Waals surface area contributed by atoms with Gasteiger partial charge in [-0.25, -0.2) is 8.42 Å². The van der Waals surface area contributed by atoms with Crippen molar-refractivity contribution in [2.45, 2.75) is 18.4 Å². The lowest BCUT2D eigenvalue weighted by molar-refractivity contribution is -0.122. The molecule has 7 nitrogen and oxygen atoms in total. The number of amides is 2. The van der Waals surface area contributed by atoms with E-state index in [1.54, 1.807) is 17.0 Å². The third-order valence-electron chi connectivity index (χ3n) is 5.46. The maximum absolute atomic E-state index is 13.6. The number of hydrogen-bond acceptors (Lipinski definition) is 4. The number of aryl methyl sites for hydroxylation is 1. The minimum atomic E-state index is -3.91. The van der Waals surface area contributed by atoms with Crippen molar-refractivity contribution in [3.05, 3.63) is 95.6 Å². The van der Waals surface area contributed by atoms with E-state index in [0.29, 0.717) is 6.54 Å². The fraction of sp³-hybridized carbons (Fsp3) is 0.200. The van der Waals surface area contributed by atoms with E-state index >= 15 is 0 Å². The largest absolute Gasteiger partial charge is 0.354 e. The molecule has 0 radical (unpaired) electrons. The monoisotopic (exact) mass is 463 g/mol. The van der Waals surface area contributed by atoms with Crippen LogP contribution in [0.5, 0.6) is 0 Å². The first kappa shape index (κ1) is 22.7. The molecule has 0 bridgehead atoms. The van der Waals surface area contributed by atoms with Crippen LogP contribution in [0.1, 0.15) is 21.5 Å². The first-order chi connectivity index (χ1) is 15.8. The van der Waals surface area contributed by atoms with Gasteiger partial charge >= 0.3 is 0 Å². The van der Waals surface area contributed by atoms with Crippen LogP contribution in [0.2, 0.25) is 0 Å². The molecule has 1 aliphatic rings. The van der Waals surface area contributed by atoms with Crippen molar-refractivity contribution in [1.82, 2.24) is 9.62 Å². The number of piperazine rings is 1. The summed E-state index contributed by atoms with van der Waals surface area (Å²) in [4.78, 5) is 27.0. The molecule has 0 aliphatic carbocycles. The van der Waals surface area contributed by atoms with Crippen LogP contribution < -0.4 is 10.2 Å². The lowest BCUT2D eigenvalue weighted by Crippen LogP contribution is -2.49. The SMILES string of the molecule is Cc1cccc(N(Cc2ccccc2)C(=O)c2cccc(S(=O)(=O)N3CCNC(=O)C3)c2)c1. The Morgan fingerprint density at radius 2 is 1.76 bits per heavy atom. The summed E-state index contributed by atoms with van der Waals surface area (Å²) >= 11 is 0. The Morgan fingerprint density at radius 1 is 1.00 bits per heavy atom. The Kier molecular flexibility index (Phi) is 6.57. The molecule has 1 saturated heterocycles. The molecule has 170 valence electrons. The predicted octanol–water partition coefficient (Wildman–Crippen LogP) is 2.96. The van der Waals surface area contributed by atoms with Crippen molar-refractivity contribution in [2.75, 3.05) is 24.5 Å². The van der Waals surface area contributed by atoms with Crippen molar-refractivity contribution in [3.8, 4) is 0 Å². The van der Waals surface area contributed by atoms with Crippen LogP contribution in [-0.2, 0) is 21.4 Å². The Hall–Kier alpha value is -3.49. The van der Waals surface area contributed by atoms with E-state index in [1.807, 2.05) is 61.5 Å². The van der Waals surface area contributed by atoms with E-state index < -0.39 is 10.0 Å². The van der Waals surface area contributed by atoms with Crippen molar-refractivity contribution in [1.29, 1.82) is 0 Å². The zero-order valence-corrected chi connectivity index (χ0v) is 19.1. The molecule has 0 aromatic heterocycles. The van der Waals surface area contributed by atoms with Gasteiger partial charge < -0.3 is 10.2 Å². The normalized spacial score (nSPS) is 14.5. The molecule has 3 aromatic rings. The van der Waals surface area contributed by atoms with Crippen molar-refractivity contribution in [3.63, 3.8) is 0 Å². The summed E-state index contributed by atoms with van der Waals surface area (Å²) in [6.07, 6.45) is 0. The highest BCUT2D eigenvalue weighted by Gasteiger charge is 2.30. The lowest BCUT2D eigenvalue weighted by atomic mass is 10.1. The maximum atomic E-state index is 13.6. The van der Waals surface area contributed by atoms with Gasteiger partial charge in [0.05, 0.1) is 18.0 Å². The van der Waals surface area contributed by atoms with Crippen LogP contribution in [-0.4, -0.2) is 44.2 Å². The van der Waals surface area contributed by atoms with Crippen LogP contribution in [0.25, 0.3) is 0 Å². The first-order valence-corrected chi connectivity index (χ1v) is 12.1. The van der Waals surface area contributed by atoms with Gasteiger partial charge in [0.25, 0.3) is 5.91 Å². The number of benzene rings is 3. The van der Waals surface area contributed by atoms with Gasteiger partial charge in [-0.15, -0.1) is 0 Å². The predicted molar refractivity (Wildman–Crippen MR) is 126 cm³/mol. The number of carbonyl (C=O) groups excluding carboxylic acids is 2. The van der Waals surface area contributed by atoms with E-state index in [0.717, 1.165) is 21.1 Å². The Balaban J connectivity index is 1.69. The van der Waals surface area contributed by atoms with Crippen LogP contribution in [0.4, 0.5) is 5.69 Å². The summed E-state index contributed by atoms with van der Waals surface area (Å²) in [7, 11) is -3.91. The highest BCUT2D eigenvalue weighted by atomic mass is 32.2. The van der Waals surface area contributed by atoms with Gasteiger partial charge in [0, 0.05) is 24.3 Å². The van der Waals surface area contributed by atoms with Crippen LogP contribution in [0.3, 0.4) is 0 Å². The van der Waals surface area contributed by atoms with Gasteiger partial charge in [0.15, 0.2) is 0 Å². The van der Waals surface area contributed by atoms with Crippen LogP contribution >= 0.6 is 0 Å². The molecule has 1 fully saturated rings. The fourth-order valence-electron chi connectivity index (χ4n) is 3.76. The Morgan fingerprint density at radius 3 is 2.48 bits per heavy atom. The number of sulfonamides is 1. The molecule has 1 heterocycles. The molecule has 0 unspecified atom stereocenters. The van der Waals surface area contributed by atoms with Crippen molar-refractivity contribution >= 4 is 27.5 Å². The second kappa shape index (κ2) is 9.56. The summed E-state index contributed by atoms with van der Waals surface area (Å²) in [5.74, 6) is -0.650. The molecule has 3 aromatic carbocycles. The number of carbonyl (C=O) groups is 2. The number of rotatable bonds is 6. The Bertz CT molecular complexity index is 1280. The molecule has 1 aliphatic heterocycles. The summed E-state index contributed by atoms with van der Waals surface area (Å²) in [5, 5.41) is 2.62. The van der Waals surface area contributed by atoms with E-state index in [-0.39, 0.29) is 41.9 Å². The smallest absolute Gasteiger partial charge is 0.258 e. The number of hydrogen-bond donors (Lipinski definition) is 1.